The minimum absolute atomic E-state index is 0.0435. The zero-order valence-electron chi connectivity index (χ0n) is 14.8. The molecule has 0 bridgehead atoms. The summed E-state index contributed by atoms with van der Waals surface area (Å²) in [4.78, 5) is 38.8. The fourth-order valence-electron chi connectivity index (χ4n) is 4.21. The average molecular weight is 378 g/mol. The third kappa shape index (κ3) is 3.30. The van der Waals surface area contributed by atoms with Gasteiger partial charge in [-0.15, -0.1) is 11.8 Å². The van der Waals surface area contributed by atoms with Gasteiger partial charge in [-0.25, -0.2) is 4.79 Å². The number of likely N-dealkylation sites (tertiary alicyclic amines) is 1. The minimum Gasteiger partial charge on any atom is -0.467 e. The summed E-state index contributed by atoms with van der Waals surface area (Å²) in [6.45, 7) is 0. The van der Waals surface area contributed by atoms with Gasteiger partial charge in [-0.05, 0) is 43.6 Å². The normalized spacial score (nSPS) is 24.8. The standard InChI is InChI=1S/C18H22N2O5S/c1-25-18(22)16-9-11-5-3-4-6-14(11)19(16)17(21)13-10-12(26-2)7-8-15(13)20(23)24/h7-8,10-11,14,16H,3-6,9H2,1-2H3. The third-order valence-corrected chi connectivity index (χ3v) is 6.15. The molecule has 2 fully saturated rings. The number of fused-ring (bicyclic) bond motifs is 1. The highest BCUT2D eigenvalue weighted by Crippen LogP contribution is 2.41. The summed E-state index contributed by atoms with van der Waals surface area (Å²) >= 11 is 1.41. The molecule has 1 aromatic rings. The van der Waals surface area contributed by atoms with E-state index >= 15 is 0 Å². The number of nitrogens with zero attached hydrogens (tertiary/aromatic N) is 2. The Morgan fingerprint density at radius 1 is 1.31 bits per heavy atom. The summed E-state index contributed by atoms with van der Waals surface area (Å²) in [5.74, 6) is -0.645. The van der Waals surface area contributed by atoms with Crippen molar-refractivity contribution in [3.05, 3.63) is 33.9 Å². The van der Waals surface area contributed by atoms with Crippen LogP contribution >= 0.6 is 11.8 Å². The number of esters is 1. The van der Waals surface area contributed by atoms with Crippen LogP contribution in [-0.2, 0) is 9.53 Å². The lowest BCUT2D eigenvalue weighted by Gasteiger charge is -2.33. The van der Waals surface area contributed by atoms with Gasteiger partial charge in [-0.3, -0.25) is 14.9 Å². The Labute approximate surface area is 156 Å². The van der Waals surface area contributed by atoms with Crippen molar-refractivity contribution in [1.29, 1.82) is 0 Å². The lowest BCUT2D eigenvalue weighted by molar-refractivity contribution is -0.385. The number of hydrogen-bond acceptors (Lipinski definition) is 6. The lowest BCUT2D eigenvalue weighted by atomic mass is 9.84. The van der Waals surface area contributed by atoms with Crippen molar-refractivity contribution >= 4 is 29.3 Å². The molecule has 1 amide bonds. The van der Waals surface area contributed by atoms with Gasteiger partial charge in [0.05, 0.1) is 12.0 Å². The van der Waals surface area contributed by atoms with Crippen LogP contribution in [0, 0.1) is 16.0 Å². The van der Waals surface area contributed by atoms with Gasteiger partial charge in [0.2, 0.25) is 0 Å². The van der Waals surface area contributed by atoms with Crippen LogP contribution < -0.4 is 0 Å². The molecule has 0 spiro atoms. The van der Waals surface area contributed by atoms with Gasteiger partial charge in [-0.2, -0.15) is 0 Å². The van der Waals surface area contributed by atoms with Gasteiger partial charge in [0, 0.05) is 17.0 Å². The summed E-state index contributed by atoms with van der Waals surface area (Å²) < 4.78 is 4.91. The highest BCUT2D eigenvalue weighted by molar-refractivity contribution is 7.98. The largest absolute Gasteiger partial charge is 0.467 e. The van der Waals surface area contributed by atoms with Gasteiger partial charge in [0.25, 0.3) is 11.6 Å². The average Bonchev–Trinajstić information content (AvgIpc) is 3.05. The van der Waals surface area contributed by atoms with E-state index < -0.39 is 22.8 Å². The Balaban J connectivity index is 2.03. The van der Waals surface area contributed by atoms with Crippen LogP contribution in [0.1, 0.15) is 42.5 Å². The van der Waals surface area contributed by atoms with Crippen LogP contribution in [0.4, 0.5) is 5.69 Å². The Hall–Kier alpha value is -2.09. The molecule has 1 aliphatic heterocycles. The smallest absolute Gasteiger partial charge is 0.328 e. The van der Waals surface area contributed by atoms with E-state index in [1.54, 1.807) is 17.0 Å². The van der Waals surface area contributed by atoms with Gasteiger partial charge in [0.15, 0.2) is 0 Å². The second-order valence-electron chi connectivity index (χ2n) is 6.74. The molecule has 8 heteroatoms. The van der Waals surface area contributed by atoms with Crippen molar-refractivity contribution in [2.24, 2.45) is 5.92 Å². The van der Waals surface area contributed by atoms with Crippen molar-refractivity contribution in [2.75, 3.05) is 13.4 Å². The number of rotatable bonds is 4. The van der Waals surface area contributed by atoms with Gasteiger partial charge < -0.3 is 9.64 Å². The number of nitro groups is 1. The predicted molar refractivity (Wildman–Crippen MR) is 97.2 cm³/mol. The second-order valence-corrected chi connectivity index (χ2v) is 7.62. The van der Waals surface area contributed by atoms with Crippen LogP contribution in [-0.4, -0.2) is 47.1 Å². The Kier molecular flexibility index (Phi) is 5.50. The first-order valence-corrected chi connectivity index (χ1v) is 9.93. The highest BCUT2D eigenvalue weighted by Gasteiger charge is 2.49. The van der Waals surface area contributed by atoms with E-state index in [9.17, 15) is 19.7 Å². The number of nitro benzene ring substituents is 1. The van der Waals surface area contributed by atoms with E-state index in [-0.39, 0.29) is 23.2 Å². The van der Waals surface area contributed by atoms with Crippen LogP contribution in [0.15, 0.2) is 23.1 Å². The van der Waals surface area contributed by atoms with E-state index in [2.05, 4.69) is 0 Å². The van der Waals surface area contributed by atoms with Gasteiger partial charge in [-0.1, -0.05) is 12.8 Å². The molecular weight excluding hydrogens is 356 g/mol. The first-order chi connectivity index (χ1) is 12.5. The molecule has 0 aromatic heterocycles. The molecule has 3 unspecified atom stereocenters. The Morgan fingerprint density at radius 2 is 2.04 bits per heavy atom. The van der Waals surface area contributed by atoms with Crippen LogP contribution in [0.25, 0.3) is 0 Å². The molecule has 0 radical (unpaired) electrons. The van der Waals surface area contributed by atoms with E-state index in [4.69, 9.17) is 4.74 Å². The van der Waals surface area contributed by atoms with Gasteiger partial charge in [0.1, 0.15) is 11.6 Å². The van der Waals surface area contributed by atoms with Crippen LogP contribution in [0.2, 0.25) is 0 Å². The zero-order valence-corrected chi connectivity index (χ0v) is 15.7. The molecule has 0 N–H and O–H groups in total. The number of methoxy groups -OCH3 is 1. The van der Waals surface area contributed by atoms with Crippen molar-refractivity contribution in [1.82, 2.24) is 4.90 Å². The summed E-state index contributed by atoms with van der Waals surface area (Å²) in [5, 5.41) is 11.4. The molecular formula is C18H22N2O5S. The first kappa shape index (κ1) is 18.7. The van der Waals surface area contributed by atoms with Crippen molar-refractivity contribution in [3.63, 3.8) is 0 Å². The maximum atomic E-state index is 13.3. The highest BCUT2D eigenvalue weighted by atomic mass is 32.2. The maximum Gasteiger partial charge on any atom is 0.328 e. The molecule has 1 aromatic carbocycles. The third-order valence-electron chi connectivity index (χ3n) is 5.43. The molecule has 3 rings (SSSR count). The quantitative estimate of drug-likeness (QED) is 0.346. The Morgan fingerprint density at radius 3 is 2.69 bits per heavy atom. The molecule has 7 nitrogen and oxygen atoms in total. The van der Waals surface area contributed by atoms with E-state index in [0.717, 1.165) is 30.6 Å². The van der Waals surface area contributed by atoms with Gasteiger partial charge >= 0.3 is 5.97 Å². The number of carbonyl (C=O) groups excluding carboxylic acids is 2. The number of benzene rings is 1. The van der Waals surface area contributed by atoms with E-state index in [1.807, 2.05) is 6.26 Å². The summed E-state index contributed by atoms with van der Waals surface area (Å²) in [6.07, 6.45) is 6.28. The van der Waals surface area contributed by atoms with Crippen LogP contribution in [0.3, 0.4) is 0 Å². The lowest BCUT2D eigenvalue weighted by Crippen LogP contribution is -2.46. The van der Waals surface area contributed by atoms with Crippen molar-refractivity contribution in [2.45, 2.75) is 49.1 Å². The maximum absolute atomic E-state index is 13.3. The molecule has 2 aliphatic rings. The minimum atomic E-state index is -0.668. The number of ether oxygens (including phenoxy) is 1. The zero-order chi connectivity index (χ0) is 18.8. The molecule has 140 valence electrons. The number of thioether (sulfide) groups is 1. The molecule has 1 heterocycles. The van der Waals surface area contributed by atoms with Crippen molar-refractivity contribution in [3.8, 4) is 0 Å². The molecule has 1 saturated carbocycles. The number of carbonyl (C=O) groups is 2. The number of hydrogen-bond donors (Lipinski definition) is 0. The SMILES string of the molecule is COC(=O)C1CC2CCCCC2N1C(=O)c1cc(SC)ccc1[N+](=O)[O-]. The fourth-order valence-corrected chi connectivity index (χ4v) is 4.65. The van der Waals surface area contributed by atoms with E-state index in [0.29, 0.717) is 6.42 Å². The predicted octanol–water partition coefficient (Wildman–Crippen LogP) is 3.26. The summed E-state index contributed by atoms with van der Waals surface area (Å²) in [7, 11) is 1.31. The first-order valence-electron chi connectivity index (χ1n) is 8.70. The summed E-state index contributed by atoms with van der Waals surface area (Å²) in [5.41, 5.74) is -0.183. The molecule has 1 aliphatic carbocycles. The van der Waals surface area contributed by atoms with Crippen LogP contribution in [0.5, 0.6) is 0 Å². The van der Waals surface area contributed by atoms with E-state index in [1.165, 1.54) is 24.9 Å². The second kappa shape index (κ2) is 7.65. The number of amides is 1. The van der Waals surface area contributed by atoms with Crippen molar-refractivity contribution < 1.29 is 19.2 Å². The molecule has 26 heavy (non-hydrogen) atoms. The Bertz CT molecular complexity index is 738. The fraction of sp³-hybridized carbons (Fsp3) is 0.556. The topological polar surface area (TPSA) is 89.8 Å². The molecule has 1 saturated heterocycles. The molecule has 3 atom stereocenters. The monoisotopic (exact) mass is 378 g/mol. The summed E-state index contributed by atoms with van der Waals surface area (Å²) in [6, 6.07) is 3.82.